The Morgan fingerprint density at radius 2 is 1.80 bits per heavy atom. The second kappa shape index (κ2) is 7.12. The molecule has 0 spiro atoms. The number of rotatable bonds is 6. The molecule has 0 amide bonds. The van der Waals surface area contributed by atoms with Gasteiger partial charge in [0.05, 0.1) is 0 Å². The number of unbranched alkanes of at least 4 members (excludes halogenated alkanes) is 3. The van der Waals surface area contributed by atoms with Crippen LogP contribution in [-0.2, 0) is 12.8 Å². The van der Waals surface area contributed by atoms with Crippen LogP contribution in [0.1, 0.15) is 36.8 Å². The van der Waals surface area contributed by atoms with Crippen molar-refractivity contribution in [2.45, 2.75) is 38.5 Å². The predicted octanol–water partition coefficient (Wildman–Crippen LogP) is 3.80. The number of aryl methyl sites for hydroxylation is 1. The highest BCUT2D eigenvalue weighted by Crippen LogP contribution is 2.13. The van der Waals surface area contributed by atoms with Crippen molar-refractivity contribution >= 4 is 0 Å². The van der Waals surface area contributed by atoms with Gasteiger partial charge < -0.3 is 0 Å². The summed E-state index contributed by atoms with van der Waals surface area (Å²) in [7, 11) is 0. The fourth-order valence-corrected chi connectivity index (χ4v) is 1.75. The largest absolute Gasteiger partial charge is 0.120 e. The van der Waals surface area contributed by atoms with Gasteiger partial charge in [0.1, 0.15) is 0 Å². The highest BCUT2D eigenvalue weighted by atomic mass is 14.0. The summed E-state index contributed by atoms with van der Waals surface area (Å²) in [5, 5.41) is 0. The van der Waals surface area contributed by atoms with Crippen molar-refractivity contribution in [2.75, 3.05) is 0 Å². The van der Waals surface area contributed by atoms with E-state index in [4.69, 9.17) is 6.42 Å². The summed E-state index contributed by atoms with van der Waals surface area (Å²) in [4.78, 5) is 0. The Morgan fingerprint density at radius 1 is 1.07 bits per heavy atom. The Labute approximate surface area is 93.7 Å². The number of hydrogen-bond acceptors (Lipinski definition) is 0. The molecule has 0 heterocycles. The van der Waals surface area contributed by atoms with Gasteiger partial charge in [-0.25, -0.2) is 0 Å². The molecular weight excluding hydrogens is 180 g/mol. The van der Waals surface area contributed by atoms with Gasteiger partial charge in [0.2, 0.25) is 0 Å². The minimum Gasteiger partial charge on any atom is -0.120 e. The second-order valence-electron chi connectivity index (χ2n) is 3.81. The summed E-state index contributed by atoms with van der Waals surface area (Å²) in [5.41, 5.74) is 2.73. The fraction of sp³-hybridized carbons (Fsp3) is 0.400. The first-order chi connectivity index (χ1) is 7.38. The average Bonchev–Trinajstić information content (AvgIpc) is 2.27. The van der Waals surface area contributed by atoms with Gasteiger partial charge in [-0.3, -0.25) is 0 Å². The third-order valence-electron chi connectivity index (χ3n) is 2.61. The van der Waals surface area contributed by atoms with Crippen LogP contribution < -0.4 is 0 Å². The van der Waals surface area contributed by atoms with E-state index < -0.39 is 0 Å². The lowest BCUT2D eigenvalue weighted by Gasteiger charge is -2.06. The van der Waals surface area contributed by atoms with Gasteiger partial charge in [0.15, 0.2) is 0 Å². The van der Waals surface area contributed by atoms with Crippen LogP contribution in [0.3, 0.4) is 0 Å². The van der Waals surface area contributed by atoms with Crippen molar-refractivity contribution in [3.63, 3.8) is 0 Å². The molecule has 0 fully saturated rings. The van der Waals surface area contributed by atoms with E-state index in [1.165, 1.54) is 30.4 Å². The highest BCUT2D eigenvalue weighted by Gasteiger charge is 1.99. The van der Waals surface area contributed by atoms with Crippen molar-refractivity contribution in [2.24, 2.45) is 0 Å². The van der Waals surface area contributed by atoms with Crippen LogP contribution in [0.2, 0.25) is 0 Å². The molecule has 1 radical (unpaired) electrons. The lowest BCUT2D eigenvalue weighted by Crippen LogP contribution is -1.93. The van der Waals surface area contributed by atoms with Gasteiger partial charge in [0.25, 0.3) is 0 Å². The molecule has 0 saturated heterocycles. The van der Waals surface area contributed by atoms with Gasteiger partial charge >= 0.3 is 0 Å². The fourth-order valence-electron chi connectivity index (χ4n) is 1.75. The maximum atomic E-state index is 5.35. The standard InChI is InChI=1S/C15H19/c1-3-5-6-7-11-15-13-9-8-12-14(15)10-4-2/h2,8-9,12-13H,1,3,5-7,10-11H2. The zero-order valence-electron chi connectivity index (χ0n) is 9.34. The molecule has 0 aliphatic heterocycles. The summed E-state index contributed by atoms with van der Waals surface area (Å²) in [6.07, 6.45) is 12.1. The minimum absolute atomic E-state index is 0.755. The Kier molecular flexibility index (Phi) is 5.63. The summed E-state index contributed by atoms with van der Waals surface area (Å²) in [5.74, 6) is 2.72. The highest BCUT2D eigenvalue weighted by molar-refractivity contribution is 5.30. The number of hydrogen-bond donors (Lipinski definition) is 0. The molecule has 0 bridgehead atoms. The van der Waals surface area contributed by atoms with E-state index in [-0.39, 0.29) is 0 Å². The van der Waals surface area contributed by atoms with Gasteiger partial charge in [-0.2, -0.15) is 0 Å². The monoisotopic (exact) mass is 199 g/mol. The van der Waals surface area contributed by atoms with Crippen molar-refractivity contribution in [3.05, 3.63) is 42.3 Å². The van der Waals surface area contributed by atoms with Crippen LogP contribution in [0.4, 0.5) is 0 Å². The summed E-state index contributed by atoms with van der Waals surface area (Å²) in [6, 6.07) is 8.48. The third-order valence-corrected chi connectivity index (χ3v) is 2.61. The van der Waals surface area contributed by atoms with Gasteiger partial charge in [-0.05, 0) is 24.0 Å². The normalized spacial score (nSPS) is 9.87. The maximum absolute atomic E-state index is 5.35. The van der Waals surface area contributed by atoms with Crippen molar-refractivity contribution in [1.82, 2.24) is 0 Å². The minimum atomic E-state index is 0.755. The Hall–Kier alpha value is -1.22. The van der Waals surface area contributed by atoms with Crippen molar-refractivity contribution < 1.29 is 0 Å². The van der Waals surface area contributed by atoms with E-state index in [0.29, 0.717) is 0 Å². The molecule has 0 heteroatoms. The number of terminal acetylenes is 1. The Morgan fingerprint density at radius 3 is 2.47 bits per heavy atom. The molecule has 0 N–H and O–H groups in total. The van der Waals surface area contributed by atoms with Gasteiger partial charge in [-0.1, -0.05) is 50.5 Å². The molecule has 79 valence electrons. The molecule has 0 atom stereocenters. The lowest BCUT2D eigenvalue weighted by molar-refractivity contribution is 0.684. The second-order valence-corrected chi connectivity index (χ2v) is 3.81. The SMILES string of the molecule is C#CCc1ccccc1CCCCC[CH2]. The van der Waals surface area contributed by atoms with Crippen LogP contribution in [-0.4, -0.2) is 0 Å². The quantitative estimate of drug-likeness (QED) is 0.483. The van der Waals surface area contributed by atoms with Crippen LogP contribution in [0.15, 0.2) is 24.3 Å². The molecule has 1 aromatic carbocycles. The summed E-state index contributed by atoms with van der Waals surface area (Å²) in [6.45, 7) is 3.85. The van der Waals surface area contributed by atoms with Gasteiger partial charge in [-0.15, -0.1) is 12.3 Å². The van der Waals surface area contributed by atoms with E-state index in [0.717, 1.165) is 19.3 Å². The average molecular weight is 199 g/mol. The molecule has 0 aliphatic carbocycles. The Bertz CT molecular complexity index is 317. The smallest absolute Gasteiger partial charge is 0.0340 e. The van der Waals surface area contributed by atoms with E-state index in [2.05, 4.69) is 37.1 Å². The van der Waals surface area contributed by atoms with E-state index in [1.54, 1.807) is 0 Å². The zero-order chi connectivity index (χ0) is 10.9. The van der Waals surface area contributed by atoms with E-state index in [9.17, 15) is 0 Å². The summed E-state index contributed by atoms with van der Waals surface area (Å²) >= 11 is 0. The van der Waals surface area contributed by atoms with Gasteiger partial charge in [0, 0.05) is 6.42 Å². The van der Waals surface area contributed by atoms with Crippen molar-refractivity contribution in [1.29, 1.82) is 0 Å². The lowest BCUT2D eigenvalue weighted by atomic mass is 9.99. The van der Waals surface area contributed by atoms with Crippen LogP contribution in [0.5, 0.6) is 0 Å². The van der Waals surface area contributed by atoms with Crippen LogP contribution >= 0.6 is 0 Å². The first kappa shape index (κ1) is 11.9. The molecule has 1 rings (SSSR count). The zero-order valence-corrected chi connectivity index (χ0v) is 9.34. The maximum Gasteiger partial charge on any atom is 0.0340 e. The van der Waals surface area contributed by atoms with Crippen molar-refractivity contribution in [3.8, 4) is 12.3 Å². The predicted molar refractivity (Wildman–Crippen MR) is 66.5 cm³/mol. The number of benzene rings is 1. The third kappa shape index (κ3) is 4.21. The molecule has 0 unspecified atom stereocenters. The molecular formula is C15H19. The molecule has 1 aromatic rings. The molecule has 15 heavy (non-hydrogen) atoms. The molecule has 0 aliphatic rings. The van der Waals surface area contributed by atoms with E-state index >= 15 is 0 Å². The Balaban J connectivity index is 2.48. The van der Waals surface area contributed by atoms with E-state index in [1.807, 2.05) is 0 Å². The van der Waals surface area contributed by atoms with Crippen LogP contribution in [0, 0.1) is 19.3 Å². The first-order valence-electron chi connectivity index (χ1n) is 5.68. The first-order valence-corrected chi connectivity index (χ1v) is 5.68. The molecule has 0 aromatic heterocycles. The molecule has 0 saturated carbocycles. The van der Waals surface area contributed by atoms with Crippen LogP contribution in [0.25, 0.3) is 0 Å². The topological polar surface area (TPSA) is 0 Å². The summed E-state index contributed by atoms with van der Waals surface area (Å²) < 4.78 is 0. The molecule has 0 nitrogen and oxygen atoms in total.